The van der Waals surface area contributed by atoms with Crippen molar-refractivity contribution in [3.05, 3.63) is 88.2 Å². The molecule has 3 N–H and O–H groups in total. The maximum atomic E-state index is 13.2. The molecule has 202 valence electrons. The van der Waals surface area contributed by atoms with Crippen LogP contribution < -0.4 is 14.4 Å². The van der Waals surface area contributed by atoms with Gasteiger partial charge in [-0.25, -0.2) is 9.78 Å². The highest BCUT2D eigenvalue weighted by Crippen LogP contribution is 2.42. The standard InChI is InChI=1S/C26H20ClF3N4O5/c1-33(24(35)36)18-5-2-14(3-6-18)20-12-31-23(32-20)25(37)9-8-15-10-16(13-34(38)22(15)25)19-11-17(27)4-7-21(19)39-26(28,29)30/h2-7,10-13,37H,8-9H2,1H3,(H,31,32)(H,35,36). The summed E-state index contributed by atoms with van der Waals surface area (Å²) < 4.78 is 43.4. The highest BCUT2D eigenvalue weighted by atomic mass is 35.5. The summed E-state index contributed by atoms with van der Waals surface area (Å²) in [5, 5.41) is 34.0. The number of hydrogen-bond donors (Lipinski definition) is 3. The number of carbonyl (C=O) groups is 1. The van der Waals surface area contributed by atoms with Crippen molar-refractivity contribution in [1.29, 1.82) is 0 Å². The molecule has 0 saturated heterocycles. The zero-order valence-corrected chi connectivity index (χ0v) is 20.9. The van der Waals surface area contributed by atoms with Gasteiger partial charge in [0.15, 0.2) is 6.20 Å². The van der Waals surface area contributed by atoms with Crippen LogP contribution in [0, 0.1) is 5.21 Å². The number of aromatic amines is 1. The third-order valence-electron chi connectivity index (χ3n) is 6.56. The number of halogens is 4. The number of pyridine rings is 1. The first-order valence-corrected chi connectivity index (χ1v) is 11.9. The van der Waals surface area contributed by atoms with Crippen molar-refractivity contribution in [3.8, 4) is 28.1 Å². The number of ether oxygens (including phenoxy) is 1. The topological polar surface area (TPSA) is 126 Å². The summed E-state index contributed by atoms with van der Waals surface area (Å²) in [5.74, 6) is -0.402. The van der Waals surface area contributed by atoms with Gasteiger partial charge >= 0.3 is 12.5 Å². The van der Waals surface area contributed by atoms with E-state index < -0.39 is 23.8 Å². The molecule has 0 aliphatic heterocycles. The van der Waals surface area contributed by atoms with Gasteiger partial charge in [0.2, 0.25) is 11.3 Å². The smallest absolute Gasteiger partial charge is 0.573 e. The van der Waals surface area contributed by atoms with Crippen LogP contribution in [0.5, 0.6) is 5.75 Å². The Kier molecular flexibility index (Phi) is 6.39. The van der Waals surface area contributed by atoms with Gasteiger partial charge in [0.25, 0.3) is 0 Å². The number of fused-ring (bicyclic) bond motifs is 1. The van der Waals surface area contributed by atoms with E-state index in [4.69, 9.17) is 16.7 Å². The molecule has 1 aliphatic carbocycles. The largest absolute Gasteiger partial charge is 0.618 e. The fraction of sp³-hybridized carbons (Fsp3) is 0.192. The van der Waals surface area contributed by atoms with Gasteiger partial charge in [-0.05, 0) is 54.8 Å². The van der Waals surface area contributed by atoms with E-state index >= 15 is 0 Å². The third-order valence-corrected chi connectivity index (χ3v) is 6.79. The molecular weight excluding hydrogens is 541 g/mol. The number of benzene rings is 2. The minimum atomic E-state index is -4.95. The molecule has 2 heterocycles. The van der Waals surface area contributed by atoms with Gasteiger partial charge in [-0.1, -0.05) is 23.7 Å². The van der Waals surface area contributed by atoms with E-state index in [2.05, 4.69) is 14.7 Å². The van der Waals surface area contributed by atoms with Gasteiger partial charge in [-0.15, -0.1) is 13.2 Å². The minimum Gasteiger partial charge on any atom is -0.618 e. The normalized spacial score (nSPS) is 16.7. The fourth-order valence-corrected chi connectivity index (χ4v) is 4.84. The summed E-state index contributed by atoms with van der Waals surface area (Å²) in [4.78, 5) is 19.5. The summed E-state index contributed by atoms with van der Waals surface area (Å²) in [7, 11) is 1.42. The summed E-state index contributed by atoms with van der Waals surface area (Å²) in [6.45, 7) is 0. The Hall–Kier alpha value is -4.29. The van der Waals surface area contributed by atoms with Crippen molar-refractivity contribution in [1.82, 2.24) is 9.97 Å². The molecule has 1 atom stereocenters. The fourth-order valence-electron chi connectivity index (χ4n) is 4.67. The molecule has 39 heavy (non-hydrogen) atoms. The number of aryl methyl sites for hydroxylation is 1. The number of aromatic nitrogens is 3. The lowest BCUT2D eigenvalue weighted by Crippen LogP contribution is -2.42. The molecule has 2 aromatic heterocycles. The second kappa shape index (κ2) is 9.47. The van der Waals surface area contributed by atoms with E-state index in [0.29, 0.717) is 27.2 Å². The van der Waals surface area contributed by atoms with Crippen molar-refractivity contribution in [3.63, 3.8) is 0 Å². The zero-order chi connectivity index (χ0) is 28.1. The molecule has 1 unspecified atom stereocenters. The van der Waals surface area contributed by atoms with E-state index in [0.717, 1.165) is 17.2 Å². The van der Waals surface area contributed by atoms with Crippen LogP contribution >= 0.6 is 11.6 Å². The van der Waals surface area contributed by atoms with Gasteiger partial charge in [-0.3, -0.25) is 4.90 Å². The van der Waals surface area contributed by atoms with Gasteiger partial charge < -0.3 is 25.1 Å². The average molecular weight is 561 g/mol. The molecule has 4 aromatic rings. The lowest BCUT2D eigenvalue weighted by atomic mass is 9.98. The Morgan fingerprint density at radius 2 is 1.92 bits per heavy atom. The number of nitrogens with zero attached hydrogens (tertiary/aromatic N) is 3. The monoisotopic (exact) mass is 560 g/mol. The van der Waals surface area contributed by atoms with E-state index in [1.54, 1.807) is 24.3 Å². The van der Waals surface area contributed by atoms with E-state index in [9.17, 15) is 28.3 Å². The predicted octanol–water partition coefficient (Wildman–Crippen LogP) is 5.23. The quantitative estimate of drug-likeness (QED) is 0.227. The van der Waals surface area contributed by atoms with Crippen LogP contribution in [0.15, 0.2) is 60.9 Å². The molecule has 9 nitrogen and oxygen atoms in total. The number of H-pyrrole nitrogens is 1. The van der Waals surface area contributed by atoms with Crippen molar-refractivity contribution in [2.45, 2.75) is 24.8 Å². The molecule has 0 saturated carbocycles. The van der Waals surface area contributed by atoms with Crippen molar-refractivity contribution in [2.24, 2.45) is 0 Å². The Balaban J connectivity index is 1.49. The maximum absolute atomic E-state index is 13.2. The number of amides is 1. The molecule has 0 fully saturated rings. The lowest BCUT2D eigenvalue weighted by Gasteiger charge is -2.20. The molecule has 2 aromatic carbocycles. The van der Waals surface area contributed by atoms with E-state index in [1.807, 2.05) is 0 Å². The minimum absolute atomic E-state index is 0.00546. The Labute approximate surface area is 224 Å². The molecule has 5 rings (SSSR count). The van der Waals surface area contributed by atoms with Crippen LogP contribution in [0.25, 0.3) is 22.4 Å². The number of nitrogens with one attached hydrogen (secondary N) is 1. The average Bonchev–Trinajstić information content (AvgIpc) is 3.50. The van der Waals surface area contributed by atoms with Gasteiger partial charge in [0.1, 0.15) is 11.6 Å². The number of carboxylic acid groups (broad SMARTS) is 1. The molecule has 1 amide bonds. The van der Waals surface area contributed by atoms with Gasteiger partial charge in [0, 0.05) is 28.9 Å². The second-order valence-corrected chi connectivity index (χ2v) is 9.45. The number of aliphatic hydroxyl groups is 1. The maximum Gasteiger partial charge on any atom is 0.573 e. The van der Waals surface area contributed by atoms with Crippen LogP contribution in [0.4, 0.5) is 23.7 Å². The predicted molar refractivity (Wildman–Crippen MR) is 134 cm³/mol. The van der Waals surface area contributed by atoms with Crippen LogP contribution in [-0.2, 0) is 12.0 Å². The first kappa shape index (κ1) is 26.3. The van der Waals surface area contributed by atoms with Crippen molar-refractivity contribution in [2.75, 3.05) is 11.9 Å². The third kappa shape index (κ3) is 4.95. The van der Waals surface area contributed by atoms with Crippen molar-refractivity contribution < 1.29 is 37.6 Å². The van der Waals surface area contributed by atoms with E-state index in [1.165, 1.54) is 31.4 Å². The molecule has 13 heteroatoms. The molecule has 0 bridgehead atoms. The Morgan fingerprint density at radius 3 is 2.59 bits per heavy atom. The lowest BCUT2D eigenvalue weighted by molar-refractivity contribution is -0.620. The highest BCUT2D eigenvalue weighted by molar-refractivity contribution is 6.31. The van der Waals surface area contributed by atoms with Crippen molar-refractivity contribution >= 4 is 23.4 Å². The Bertz CT molecular complexity index is 1580. The SMILES string of the molecule is CN(C(=O)O)c1ccc(-c2cnc(C3(O)CCc4cc(-c5cc(Cl)ccc5OC(F)(F)F)c[n+]([O-])c43)[nH]2)cc1. The van der Waals surface area contributed by atoms with Crippen LogP contribution in [-0.4, -0.2) is 39.7 Å². The summed E-state index contributed by atoms with van der Waals surface area (Å²) in [6.07, 6.45) is -3.16. The van der Waals surface area contributed by atoms with Crippen LogP contribution in [0.1, 0.15) is 23.5 Å². The summed E-state index contributed by atoms with van der Waals surface area (Å²) >= 11 is 6.01. The molecular formula is C26H20ClF3N4O5. The number of rotatable bonds is 5. The van der Waals surface area contributed by atoms with Crippen LogP contribution in [0.2, 0.25) is 5.02 Å². The summed E-state index contributed by atoms with van der Waals surface area (Å²) in [6, 6.07) is 11.7. The van der Waals surface area contributed by atoms with Gasteiger partial charge in [0.05, 0.1) is 17.5 Å². The first-order valence-electron chi connectivity index (χ1n) is 11.5. The number of alkyl halides is 3. The summed E-state index contributed by atoms with van der Waals surface area (Å²) in [5.41, 5.74) is 0.423. The molecule has 0 radical (unpaired) electrons. The van der Waals surface area contributed by atoms with E-state index in [-0.39, 0.29) is 40.5 Å². The number of hydrogen-bond acceptors (Lipinski definition) is 5. The van der Waals surface area contributed by atoms with Gasteiger partial charge in [-0.2, -0.15) is 4.73 Å². The van der Waals surface area contributed by atoms with Crippen LogP contribution in [0.3, 0.4) is 0 Å². The second-order valence-electron chi connectivity index (χ2n) is 9.01. The number of anilines is 1. The Morgan fingerprint density at radius 1 is 1.21 bits per heavy atom. The first-order chi connectivity index (χ1) is 18.4. The zero-order valence-electron chi connectivity index (χ0n) is 20.2. The molecule has 1 aliphatic rings. The number of imidazole rings is 1. The molecule has 0 spiro atoms. The highest BCUT2D eigenvalue weighted by Gasteiger charge is 2.48.